The number of hydrogen-bond donors (Lipinski definition) is 1. The van der Waals surface area contributed by atoms with Crippen molar-refractivity contribution in [3.8, 4) is 0 Å². The Morgan fingerprint density at radius 1 is 1.32 bits per heavy atom. The summed E-state index contributed by atoms with van der Waals surface area (Å²) in [6.07, 6.45) is 1.82. The van der Waals surface area contributed by atoms with Crippen LogP contribution in [0.1, 0.15) is 17.3 Å². The summed E-state index contributed by atoms with van der Waals surface area (Å²) in [6, 6.07) is 7.34. The molecule has 0 saturated heterocycles. The van der Waals surface area contributed by atoms with Crippen LogP contribution in [0, 0.1) is 0 Å². The topological polar surface area (TPSA) is 62.4 Å². The summed E-state index contributed by atoms with van der Waals surface area (Å²) in [5, 5.41) is 1.05. The van der Waals surface area contributed by atoms with Crippen LogP contribution in [0.4, 0.5) is 0 Å². The van der Waals surface area contributed by atoms with Crippen LogP contribution < -0.4 is 0 Å². The molecule has 0 unspecified atom stereocenters. The third kappa shape index (κ3) is 2.93. The highest BCUT2D eigenvalue weighted by atomic mass is 16.5. The monoisotopic (exact) mass is 260 g/mol. The van der Waals surface area contributed by atoms with E-state index in [0.29, 0.717) is 12.2 Å². The number of aromatic nitrogens is 1. The minimum absolute atomic E-state index is 0.0462. The molecular formula is C14H16N2O3. The predicted molar refractivity (Wildman–Crippen MR) is 71.9 cm³/mol. The number of carbonyl (C=O) groups excluding carboxylic acids is 2. The zero-order chi connectivity index (χ0) is 13.8. The zero-order valence-corrected chi connectivity index (χ0v) is 11.0. The quantitative estimate of drug-likeness (QED) is 0.853. The van der Waals surface area contributed by atoms with Crippen LogP contribution in [0.25, 0.3) is 10.9 Å². The van der Waals surface area contributed by atoms with E-state index in [2.05, 4.69) is 4.98 Å². The van der Waals surface area contributed by atoms with E-state index in [9.17, 15) is 9.59 Å². The second-order valence-electron chi connectivity index (χ2n) is 4.25. The Kier molecular flexibility index (Phi) is 3.85. The first-order valence-corrected chi connectivity index (χ1v) is 6.10. The number of ether oxygens (including phenoxy) is 1. The van der Waals surface area contributed by atoms with Gasteiger partial charge >= 0.3 is 5.97 Å². The minimum Gasteiger partial charge on any atom is -0.465 e. The van der Waals surface area contributed by atoms with Gasteiger partial charge in [-0.1, -0.05) is 6.07 Å². The first kappa shape index (κ1) is 13.1. The Morgan fingerprint density at radius 2 is 2.11 bits per heavy atom. The summed E-state index contributed by atoms with van der Waals surface area (Å²) >= 11 is 0. The summed E-state index contributed by atoms with van der Waals surface area (Å²) in [7, 11) is 1.58. The summed E-state index contributed by atoms with van der Waals surface area (Å²) in [4.78, 5) is 27.9. The van der Waals surface area contributed by atoms with Crippen molar-refractivity contribution in [3.05, 3.63) is 36.0 Å². The number of likely N-dealkylation sites (N-methyl/N-ethyl adjacent to an activating group) is 1. The Balaban J connectivity index is 2.11. The smallest absolute Gasteiger partial charge is 0.325 e. The van der Waals surface area contributed by atoms with Crippen molar-refractivity contribution in [2.24, 2.45) is 0 Å². The molecule has 0 bridgehead atoms. The molecule has 1 aromatic heterocycles. The Hall–Kier alpha value is -2.30. The highest BCUT2D eigenvalue weighted by Crippen LogP contribution is 2.15. The number of benzene rings is 1. The van der Waals surface area contributed by atoms with Crippen molar-refractivity contribution in [2.45, 2.75) is 6.92 Å². The molecule has 0 saturated carbocycles. The fourth-order valence-corrected chi connectivity index (χ4v) is 1.87. The lowest BCUT2D eigenvalue weighted by Gasteiger charge is -2.16. The van der Waals surface area contributed by atoms with Crippen molar-refractivity contribution in [3.63, 3.8) is 0 Å². The molecule has 0 atom stereocenters. The Morgan fingerprint density at radius 3 is 2.84 bits per heavy atom. The second kappa shape index (κ2) is 5.56. The van der Waals surface area contributed by atoms with Crippen LogP contribution in [-0.2, 0) is 9.53 Å². The lowest BCUT2D eigenvalue weighted by Crippen LogP contribution is -2.33. The SMILES string of the molecule is CCOC(=O)CN(C)C(=O)c1ccc2cc[nH]c2c1. The van der Waals surface area contributed by atoms with Gasteiger partial charge in [0.15, 0.2) is 0 Å². The molecule has 0 fully saturated rings. The van der Waals surface area contributed by atoms with Gasteiger partial charge in [0.2, 0.25) is 0 Å². The molecule has 1 heterocycles. The maximum absolute atomic E-state index is 12.2. The summed E-state index contributed by atoms with van der Waals surface area (Å²) in [5.74, 6) is -0.608. The van der Waals surface area contributed by atoms with Crippen molar-refractivity contribution in [2.75, 3.05) is 20.2 Å². The van der Waals surface area contributed by atoms with Gasteiger partial charge in [-0.3, -0.25) is 9.59 Å². The van der Waals surface area contributed by atoms with E-state index in [-0.39, 0.29) is 12.5 Å². The van der Waals surface area contributed by atoms with Gasteiger partial charge in [-0.05, 0) is 30.5 Å². The number of fused-ring (bicyclic) bond motifs is 1. The average Bonchev–Trinajstić information content (AvgIpc) is 2.85. The number of rotatable bonds is 4. The molecule has 2 aromatic rings. The van der Waals surface area contributed by atoms with E-state index in [1.165, 1.54) is 4.90 Å². The fraction of sp³-hybridized carbons (Fsp3) is 0.286. The number of hydrogen-bond acceptors (Lipinski definition) is 3. The largest absolute Gasteiger partial charge is 0.465 e. The molecule has 0 aliphatic heterocycles. The zero-order valence-electron chi connectivity index (χ0n) is 11.0. The lowest BCUT2D eigenvalue weighted by atomic mass is 10.1. The molecule has 5 heteroatoms. The van der Waals surface area contributed by atoms with Gasteiger partial charge in [0.05, 0.1) is 6.61 Å². The van der Waals surface area contributed by atoms with Gasteiger partial charge < -0.3 is 14.6 Å². The van der Waals surface area contributed by atoms with E-state index in [4.69, 9.17) is 4.74 Å². The van der Waals surface area contributed by atoms with Crippen LogP contribution in [0.5, 0.6) is 0 Å². The highest BCUT2D eigenvalue weighted by molar-refractivity contribution is 5.98. The number of amides is 1. The summed E-state index contributed by atoms with van der Waals surface area (Å²) in [5.41, 5.74) is 1.44. The van der Waals surface area contributed by atoms with E-state index in [1.807, 2.05) is 18.3 Å². The second-order valence-corrected chi connectivity index (χ2v) is 4.25. The molecular weight excluding hydrogens is 244 g/mol. The molecule has 100 valence electrons. The summed E-state index contributed by atoms with van der Waals surface area (Å²) in [6.45, 7) is 2.00. The average molecular weight is 260 g/mol. The maximum Gasteiger partial charge on any atom is 0.325 e. The van der Waals surface area contributed by atoms with Crippen LogP contribution >= 0.6 is 0 Å². The summed E-state index contributed by atoms with van der Waals surface area (Å²) < 4.78 is 4.82. The van der Waals surface area contributed by atoms with Gasteiger partial charge in [0.1, 0.15) is 6.54 Å². The van der Waals surface area contributed by atoms with Gasteiger partial charge in [-0.15, -0.1) is 0 Å². The van der Waals surface area contributed by atoms with Crippen molar-refractivity contribution in [1.29, 1.82) is 0 Å². The molecule has 0 aliphatic carbocycles. The van der Waals surface area contributed by atoms with Crippen LogP contribution in [-0.4, -0.2) is 42.0 Å². The molecule has 0 aliphatic rings. The third-order valence-electron chi connectivity index (χ3n) is 2.82. The first-order chi connectivity index (χ1) is 9.11. The number of carbonyl (C=O) groups is 2. The highest BCUT2D eigenvalue weighted by Gasteiger charge is 2.15. The molecule has 5 nitrogen and oxygen atoms in total. The molecule has 1 amide bonds. The molecule has 1 aromatic carbocycles. The fourth-order valence-electron chi connectivity index (χ4n) is 1.87. The maximum atomic E-state index is 12.2. The molecule has 0 radical (unpaired) electrons. The lowest BCUT2D eigenvalue weighted by molar-refractivity contribution is -0.143. The van der Waals surface area contributed by atoms with Crippen molar-refractivity contribution < 1.29 is 14.3 Å². The Bertz CT molecular complexity index is 604. The number of aromatic amines is 1. The molecule has 2 rings (SSSR count). The predicted octanol–water partition coefficient (Wildman–Crippen LogP) is 1.80. The van der Waals surface area contributed by atoms with Crippen LogP contribution in [0.3, 0.4) is 0 Å². The Labute approximate surface area is 111 Å². The molecule has 0 spiro atoms. The van der Waals surface area contributed by atoms with Gasteiger partial charge in [0.25, 0.3) is 5.91 Å². The molecule has 19 heavy (non-hydrogen) atoms. The first-order valence-electron chi connectivity index (χ1n) is 6.10. The van der Waals surface area contributed by atoms with Gasteiger partial charge in [0, 0.05) is 24.3 Å². The van der Waals surface area contributed by atoms with Crippen LogP contribution in [0.15, 0.2) is 30.5 Å². The molecule has 1 N–H and O–H groups in total. The van der Waals surface area contributed by atoms with Crippen molar-refractivity contribution >= 4 is 22.8 Å². The third-order valence-corrected chi connectivity index (χ3v) is 2.82. The van der Waals surface area contributed by atoms with E-state index >= 15 is 0 Å². The number of nitrogens with zero attached hydrogens (tertiary/aromatic N) is 1. The van der Waals surface area contributed by atoms with Gasteiger partial charge in [-0.2, -0.15) is 0 Å². The van der Waals surface area contributed by atoms with E-state index in [1.54, 1.807) is 26.1 Å². The minimum atomic E-state index is -0.403. The van der Waals surface area contributed by atoms with E-state index in [0.717, 1.165) is 10.9 Å². The number of esters is 1. The van der Waals surface area contributed by atoms with Crippen molar-refractivity contribution in [1.82, 2.24) is 9.88 Å². The normalized spacial score (nSPS) is 10.4. The number of nitrogens with one attached hydrogen (secondary N) is 1. The number of H-pyrrole nitrogens is 1. The van der Waals surface area contributed by atoms with Crippen LogP contribution in [0.2, 0.25) is 0 Å². The van der Waals surface area contributed by atoms with Gasteiger partial charge in [-0.25, -0.2) is 0 Å². The van der Waals surface area contributed by atoms with E-state index < -0.39 is 5.97 Å². The standard InChI is InChI=1S/C14H16N2O3/c1-3-19-13(17)9-16(2)14(18)11-5-4-10-6-7-15-12(10)8-11/h4-8,15H,3,9H2,1-2H3.